The molecule has 1 fully saturated rings. The Kier molecular flexibility index (Phi) is 6.48. The van der Waals surface area contributed by atoms with E-state index >= 15 is 0 Å². The maximum atomic E-state index is 12.6. The Balaban J connectivity index is 1.51. The van der Waals surface area contributed by atoms with E-state index in [9.17, 15) is 18.7 Å². The lowest BCUT2D eigenvalue weighted by Crippen LogP contribution is -2.35. The van der Waals surface area contributed by atoms with Gasteiger partial charge in [-0.15, -0.1) is 0 Å². The smallest absolute Gasteiger partial charge is 0.331 e. The Morgan fingerprint density at radius 3 is 2.42 bits per heavy atom. The molecule has 0 spiro atoms. The van der Waals surface area contributed by atoms with Crippen molar-refractivity contribution in [3.8, 4) is 17.0 Å². The number of aromatic nitrogens is 2. The lowest BCUT2D eigenvalue weighted by molar-refractivity contribution is 0.0342. The van der Waals surface area contributed by atoms with Crippen LogP contribution in [0.3, 0.4) is 0 Å². The average Bonchev–Trinajstić information content (AvgIpc) is 3.02. The first-order chi connectivity index (χ1) is 15.0. The maximum Gasteiger partial charge on any atom is 0.331 e. The van der Waals surface area contributed by atoms with Gasteiger partial charge in [0.2, 0.25) is 5.88 Å². The third kappa shape index (κ3) is 5.03. The van der Waals surface area contributed by atoms with E-state index in [1.165, 1.54) is 16.3 Å². The van der Waals surface area contributed by atoms with E-state index in [2.05, 4.69) is 17.0 Å². The van der Waals surface area contributed by atoms with Gasteiger partial charge in [-0.05, 0) is 22.3 Å². The van der Waals surface area contributed by atoms with Crippen molar-refractivity contribution < 1.29 is 18.6 Å². The van der Waals surface area contributed by atoms with Gasteiger partial charge in [-0.1, -0.05) is 48.5 Å². The van der Waals surface area contributed by atoms with Gasteiger partial charge in [-0.3, -0.25) is 14.0 Å². The molecule has 6 nitrogen and oxygen atoms in total. The minimum absolute atomic E-state index is 0.193. The number of imidazole rings is 1. The molecule has 0 saturated carbocycles. The maximum absolute atomic E-state index is 12.6. The van der Waals surface area contributed by atoms with E-state index in [0.29, 0.717) is 4.57 Å². The molecule has 2 heterocycles. The predicted octanol–water partition coefficient (Wildman–Crippen LogP) is 3.17. The molecular formula is C23H25F2N3O3. The fourth-order valence-corrected chi connectivity index (χ4v) is 3.87. The SMILES string of the molecule is O=c1n(Cc2ccc(-c3ccccc3CN3CCOCC3)cc2)cc(O)n1CC(F)F. The van der Waals surface area contributed by atoms with Crippen molar-refractivity contribution in [3.63, 3.8) is 0 Å². The summed E-state index contributed by atoms with van der Waals surface area (Å²) < 4.78 is 32.6. The van der Waals surface area contributed by atoms with Crippen LogP contribution in [0, 0.1) is 0 Å². The Labute approximate surface area is 178 Å². The van der Waals surface area contributed by atoms with E-state index in [1.807, 2.05) is 36.4 Å². The van der Waals surface area contributed by atoms with Gasteiger partial charge < -0.3 is 9.84 Å². The van der Waals surface area contributed by atoms with E-state index < -0.39 is 24.5 Å². The number of nitrogens with zero attached hydrogens (tertiary/aromatic N) is 3. The first kappa shape index (κ1) is 21.3. The molecule has 1 aliphatic heterocycles. The second-order valence-corrected chi connectivity index (χ2v) is 7.64. The van der Waals surface area contributed by atoms with Gasteiger partial charge in [0.05, 0.1) is 32.5 Å². The Morgan fingerprint density at radius 2 is 1.71 bits per heavy atom. The van der Waals surface area contributed by atoms with Gasteiger partial charge in [0.25, 0.3) is 6.43 Å². The summed E-state index contributed by atoms with van der Waals surface area (Å²) in [4.78, 5) is 14.6. The van der Waals surface area contributed by atoms with Crippen LogP contribution in [0.25, 0.3) is 11.1 Å². The molecule has 0 bridgehead atoms. The quantitative estimate of drug-likeness (QED) is 0.627. The number of ether oxygens (including phenoxy) is 1. The minimum atomic E-state index is -2.71. The van der Waals surface area contributed by atoms with E-state index in [1.54, 1.807) is 0 Å². The number of aromatic hydroxyl groups is 1. The van der Waals surface area contributed by atoms with Crippen molar-refractivity contribution >= 4 is 0 Å². The average molecular weight is 429 g/mol. The highest BCUT2D eigenvalue weighted by molar-refractivity contribution is 5.67. The van der Waals surface area contributed by atoms with E-state index in [-0.39, 0.29) is 6.54 Å². The summed E-state index contributed by atoms with van der Waals surface area (Å²) in [7, 11) is 0. The number of rotatable bonds is 7. The van der Waals surface area contributed by atoms with Gasteiger partial charge in [-0.25, -0.2) is 13.6 Å². The fourth-order valence-electron chi connectivity index (χ4n) is 3.87. The van der Waals surface area contributed by atoms with Crippen LogP contribution in [0.4, 0.5) is 8.78 Å². The zero-order valence-electron chi connectivity index (χ0n) is 17.1. The standard InChI is InChI=1S/C23H25F2N3O3/c24-21(25)15-28-22(29)16-27(23(28)30)13-17-5-7-18(8-6-17)20-4-2-1-3-19(20)14-26-9-11-31-12-10-26/h1-8,16,21,29H,9-15H2. The van der Waals surface area contributed by atoms with Crippen molar-refractivity contribution in [3.05, 3.63) is 76.3 Å². The van der Waals surface area contributed by atoms with E-state index in [0.717, 1.165) is 49.5 Å². The second-order valence-electron chi connectivity index (χ2n) is 7.64. The van der Waals surface area contributed by atoms with Crippen LogP contribution in [0.15, 0.2) is 59.5 Å². The van der Waals surface area contributed by atoms with Crippen molar-refractivity contribution in [2.24, 2.45) is 0 Å². The lowest BCUT2D eigenvalue weighted by atomic mass is 9.98. The number of benzene rings is 2. The molecule has 31 heavy (non-hydrogen) atoms. The van der Waals surface area contributed by atoms with Crippen molar-refractivity contribution in [2.45, 2.75) is 26.1 Å². The highest BCUT2D eigenvalue weighted by atomic mass is 19.3. The molecule has 1 aromatic heterocycles. The van der Waals surface area contributed by atoms with Crippen LogP contribution >= 0.6 is 0 Å². The van der Waals surface area contributed by atoms with Crippen molar-refractivity contribution in [2.75, 3.05) is 26.3 Å². The van der Waals surface area contributed by atoms with Crippen LogP contribution < -0.4 is 5.69 Å². The Bertz CT molecular complexity index is 1070. The number of hydrogen-bond acceptors (Lipinski definition) is 4. The van der Waals surface area contributed by atoms with Gasteiger partial charge >= 0.3 is 5.69 Å². The molecule has 1 aliphatic rings. The summed E-state index contributed by atoms with van der Waals surface area (Å²) in [6.07, 6.45) is -1.52. The fraction of sp³-hybridized carbons (Fsp3) is 0.348. The van der Waals surface area contributed by atoms with Gasteiger partial charge in [0.1, 0.15) is 0 Å². The summed E-state index contributed by atoms with van der Waals surface area (Å²) in [5.74, 6) is -0.459. The first-order valence-corrected chi connectivity index (χ1v) is 10.3. The first-order valence-electron chi connectivity index (χ1n) is 10.3. The Morgan fingerprint density at radius 1 is 1.00 bits per heavy atom. The number of hydrogen-bond donors (Lipinski definition) is 1. The molecule has 2 aromatic carbocycles. The van der Waals surface area contributed by atoms with Gasteiger partial charge in [0, 0.05) is 19.6 Å². The second kappa shape index (κ2) is 9.45. The Hall–Kier alpha value is -2.97. The summed E-state index contributed by atoms with van der Waals surface area (Å²) in [5.41, 5.74) is 3.64. The molecule has 0 amide bonds. The zero-order valence-corrected chi connectivity index (χ0v) is 17.1. The number of halogens is 2. The summed E-state index contributed by atoms with van der Waals surface area (Å²) >= 11 is 0. The predicted molar refractivity (Wildman–Crippen MR) is 113 cm³/mol. The molecule has 3 aromatic rings. The molecule has 0 aliphatic carbocycles. The molecule has 1 saturated heterocycles. The third-order valence-corrected chi connectivity index (χ3v) is 5.48. The molecule has 1 N–H and O–H groups in total. The van der Waals surface area contributed by atoms with Crippen LogP contribution in [0.1, 0.15) is 11.1 Å². The van der Waals surface area contributed by atoms with Crippen LogP contribution in [0.5, 0.6) is 5.88 Å². The number of alkyl halides is 2. The number of morpholine rings is 1. The van der Waals surface area contributed by atoms with Crippen LogP contribution in [-0.2, 0) is 24.4 Å². The van der Waals surface area contributed by atoms with Crippen molar-refractivity contribution in [1.29, 1.82) is 0 Å². The lowest BCUT2D eigenvalue weighted by Gasteiger charge is -2.27. The molecule has 0 radical (unpaired) electrons. The molecule has 0 unspecified atom stereocenters. The zero-order chi connectivity index (χ0) is 21.8. The highest BCUT2D eigenvalue weighted by Crippen LogP contribution is 2.26. The topological polar surface area (TPSA) is 59.6 Å². The third-order valence-electron chi connectivity index (χ3n) is 5.48. The minimum Gasteiger partial charge on any atom is -0.493 e. The molecule has 4 rings (SSSR count). The van der Waals surface area contributed by atoms with E-state index in [4.69, 9.17) is 4.74 Å². The monoisotopic (exact) mass is 429 g/mol. The molecule has 8 heteroatoms. The highest BCUT2D eigenvalue weighted by Gasteiger charge is 2.16. The van der Waals surface area contributed by atoms with Crippen LogP contribution in [-0.4, -0.2) is 51.9 Å². The van der Waals surface area contributed by atoms with Gasteiger partial charge in [-0.2, -0.15) is 0 Å². The van der Waals surface area contributed by atoms with Crippen LogP contribution in [0.2, 0.25) is 0 Å². The largest absolute Gasteiger partial charge is 0.493 e. The summed E-state index contributed by atoms with van der Waals surface area (Å²) in [5, 5.41) is 9.79. The summed E-state index contributed by atoms with van der Waals surface area (Å²) in [6.45, 7) is 3.57. The molecule has 164 valence electrons. The molecular weight excluding hydrogens is 404 g/mol. The van der Waals surface area contributed by atoms with Crippen molar-refractivity contribution in [1.82, 2.24) is 14.0 Å². The normalized spacial score (nSPS) is 14.9. The molecule has 0 atom stereocenters. The summed E-state index contributed by atoms with van der Waals surface area (Å²) in [6, 6.07) is 16.1. The van der Waals surface area contributed by atoms with Gasteiger partial charge in [0.15, 0.2) is 0 Å².